The van der Waals surface area contributed by atoms with Crippen LogP contribution in [0.3, 0.4) is 0 Å². The first-order valence-corrected chi connectivity index (χ1v) is 8.41. The predicted molar refractivity (Wildman–Crippen MR) is 86.6 cm³/mol. The van der Waals surface area contributed by atoms with Gasteiger partial charge in [-0.2, -0.15) is 13.2 Å². The molecule has 0 aliphatic carbocycles. The van der Waals surface area contributed by atoms with Gasteiger partial charge in [0.05, 0.1) is 22.6 Å². The molecule has 1 amide bonds. The van der Waals surface area contributed by atoms with Crippen molar-refractivity contribution in [2.24, 2.45) is 5.41 Å². The average Bonchev–Trinajstić information content (AvgIpc) is 3.11. The molecule has 1 aromatic heterocycles. The maximum Gasteiger partial charge on any atom is 0.417 e. The standard InChI is InChI=1S/C16H19ClF3N3O2/c1-25-7-6-22-4-2-15(14(22)24)3-5-23(10-15)13-12(17)8-11(9-21-13)16(18,19)20/h8-9H,2-7,10H2,1H3. The van der Waals surface area contributed by atoms with Crippen LogP contribution in [0.4, 0.5) is 19.0 Å². The zero-order chi connectivity index (χ0) is 18.2. The van der Waals surface area contributed by atoms with Gasteiger partial charge in [0.25, 0.3) is 0 Å². The first kappa shape index (κ1) is 18.3. The smallest absolute Gasteiger partial charge is 0.383 e. The average molecular weight is 378 g/mol. The minimum absolute atomic E-state index is 0.0476. The second-order valence-corrected chi connectivity index (χ2v) is 6.92. The van der Waals surface area contributed by atoms with Crippen LogP contribution in [0.25, 0.3) is 0 Å². The first-order valence-electron chi connectivity index (χ1n) is 8.03. The normalized spacial score (nSPS) is 24.0. The topological polar surface area (TPSA) is 45.7 Å². The summed E-state index contributed by atoms with van der Waals surface area (Å²) in [6.07, 6.45) is -2.32. The van der Waals surface area contributed by atoms with Gasteiger partial charge in [-0.05, 0) is 18.9 Å². The van der Waals surface area contributed by atoms with Crippen LogP contribution in [0.15, 0.2) is 12.3 Å². The second-order valence-electron chi connectivity index (χ2n) is 6.51. The van der Waals surface area contributed by atoms with Crippen molar-refractivity contribution in [3.63, 3.8) is 0 Å². The fraction of sp³-hybridized carbons (Fsp3) is 0.625. The van der Waals surface area contributed by atoms with Crippen molar-refractivity contribution in [1.29, 1.82) is 0 Å². The number of hydrogen-bond donors (Lipinski definition) is 0. The molecule has 2 aliphatic heterocycles. The van der Waals surface area contributed by atoms with Crippen LogP contribution < -0.4 is 4.90 Å². The molecular formula is C16H19ClF3N3O2. The Kier molecular flexibility index (Phi) is 4.85. The molecule has 1 unspecified atom stereocenters. The van der Waals surface area contributed by atoms with Crippen LogP contribution in [0.2, 0.25) is 5.02 Å². The Hall–Kier alpha value is -1.54. The fourth-order valence-corrected chi connectivity index (χ4v) is 3.84. The fourth-order valence-electron chi connectivity index (χ4n) is 3.56. The van der Waals surface area contributed by atoms with Gasteiger partial charge in [-0.25, -0.2) is 4.98 Å². The van der Waals surface area contributed by atoms with Crippen molar-refractivity contribution in [2.75, 3.05) is 44.8 Å². The second kappa shape index (κ2) is 6.64. The SMILES string of the molecule is COCCN1CCC2(CCN(c3ncc(C(F)(F)F)cc3Cl)C2)C1=O. The Bertz CT molecular complexity index is 671. The molecule has 0 bridgehead atoms. The number of rotatable bonds is 4. The van der Waals surface area contributed by atoms with Gasteiger partial charge in [0.1, 0.15) is 5.82 Å². The van der Waals surface area contributed by atoms with E-state index in [1.807, 2.05) is 0 Å². The minimum atomic E-state index is -4.48. The summed E-state index contributed by atoms with van der Waals surface area (Å²) in [6.45, 7) is 2.67. The third-order valence-electron chi connectivity index (χ3n) is 4.97. The number of aromatic nitrogens is 1. The van der Waals surface area contributed by atoms with Gasteiger partial charge in [0.2, 0.25) is 5.91 Å². The molecule has 2 aliphatic rings. The number of methoxy groups -OCH3 is 1. The summed E-state index contributed by atoms with van der Waals surface area (Å²) in [5.74, 6) is 0.379. The molecule has 1 aromatic rings. The van der Waals surface area contributed by atoms with Gasteiger partial charge in [0.15, 0.2) is 0 Å². The molecule has 3 heterocycles. The number of carbonyl (C=O) groups is 1. The van der Waals surface area contributed by atoms with Crippen LogP contribution in [-0.4, -0.2) is 55.7 Å². The van der Waals surface area contributed by atoms with Crippen LogP contribution in [0, 0.1) is 5.41 Å². The molecule has 2 fully saturated rings. The molecule has 0 N–H and O–H groups in total. The van der Waals surface area contributed by atoms with Gasteiger partial charge < -0.3 is 14.5 Å². The van der Waals surface area contributed by atoms with E-state index in [0.717, 1.165) is 18.7 Å². The van der Waals surface area contributed by atoms with E-state index in [0.29, 0.717) is 45.0 Å². The van der Waals surface area contributed by atoms with Crippen molar-refractivity contribution >= 4 is 23.3 Å². The molecule has 2 saturated heterocycles. The highest BCUT2D eigenvalue weighted by atomic mass is 35.5. The molecule has 3 rings (SSSR count). The third kappa shape index (κ3) is 3.42. The Balaban J connectivity index is 1.74. The van der Waals surface area contributed by atoms with E-state index >= 15 is 0 Å². The number of likely N-dealkylation sites (tertiary alicyclic amines) is 1. The highest BCUT2D eigenvalue weighted by molar-refractivity contribution is 6.33. The molecule has 1 spiro atoms. The number of carbonyl (C=O) groups excluding carboxylic acids is 1. The largest absolute Gasteiger partial charge is 0.417 e. The lowest BCUT2D eigenvalue weighted by Gasteiger charge is -2.24. The number of anilines is 1. The number of ether oxygens (including phenoxy) is 1. The molecule has 25 heavy (non-hydrogen) atoms. The van der Waals surface area contributed by atoms with Crippen molar-refractivity contribution in [2.45, 2.75) is 19.0 Å². The predicted octanol–water partition coefficient (Wildman–Crippen LogP) is 2.83. The molecule has 138 valence electrons. The zero-order valence-corrected chi connectivity index (χ0v) is 14.5. The summed E-state index contributed by atoms with van der Waals surface area (Å²) in [5, 5.41) is -0.0476. The van der Waals surface area contributed by atoms with E-state index < -0.39 is 17.2 Å². The van der Waals surface area contributed by atoms with E-state index in [-0.39, 0.29) is 10.9 Å². The quantitative estimate of drug-likeness (QED) is 0.809. The lowest BCUT2D eigenvalue weighted by Crippen LogP contribution is -2.38. The van der Waals surface area contributed by atoms with Crippen molar-refractivity contribution in [3.05, 3.63) is 22.8 Å². The summed E-state index contributed by atoms with van der Waals surface area (Å²) in [5.41, 5.74) is -1.38. The Labute approximate surface area is 148 Å². The maximum absolute atomic E-state index is 12.7. The van der Waals surface area contributed by atoms with Gasteiger partial charge in [-0.3, -0.25) is 4.79 Å². The molecule has 9 heteroatoms. The van der Waals surface area contributed by atoms with Crippen LogP contribution >= 0.6 is 11.6 Å². The summed E-state index contributed by atoms with van der Waals surface area (Å²) in [6, 6.07) is 0.885. The summed E-state index contributed by atoms with van der Waals surface area (Å²) >= 11 is 6.03. The maximum atomic E-state index is 12.7. The van der Waals surface area contributed by atoms with Gasteiger partial charge in [0, 0.05) is 39.5 Å². The van der Waals surface area contributed by atoms with E-state index in [1.165, 1.54) is 0 Å². The van der Waals surface area contributed by atoms with Gasteiger partial charge >= 0.3 is 6.18 Å². The van der Waals surface area contributed by atoms with Crippen LogP contribution in [0.1, 0.15) is 18.4 Å². The Morgan fingerprint density at radius 3 is 2.72 bits per heavy atom. The first-order chi connectivity index (χ1) is 11.8. The highest BCUT2D eigenvalue weighted by Gasteiger charge is 2.51. The summed E-state index contributed by atoms with van der Waals surface area (Å²) in [4.78, 5) is 20.2. The lowest BCUT2D eigenvalue weighted by molar-refractivity contribution is -0.138. The molecule has 5 nitrogen and oxygen atoms in total. The summed E-state index contributed by atoms with van der Waals surface area (Å²) < 4.78 is 43.2. The Morgan fingerprint density at radius 2 is 2.08 bits per heavy atom. The number of hydrogen-bond acceptors (Lipinski definition) is 4. The number of amides is 1. The molecule has 0 radical (unpaired) electrons. The minimum Gasteiger partial charge on any atom is -0.383 e. The number of alkyl halides is 3. The van der Waals surface area contributed by atoms with E-state index in [2.05, 4.69) is 4.98 Å². The monoisotopic (exact) mass is 377 g/mol. The number of pyridine rings is 1. The molecular weight excluding hydrogens is 359 g/mol. The van der Waals surface area contributed by atoms with Crippen LogP contribution in [0.5, 0.6) is 0 Å². The van der Waals surface area contributed by atoms with Gasteiger partial charge in [-0.15, -0.1) is 0 Å². The number of halogens is 4. The van der Waals surface area contributed by atoms with Crippen molar-refractivity contribution in [1.82, 2.24) is 9.88 Å². The van der Waals surface area contributed by atoms with Crippen molar-refractivity contribution in [3.8, 4) is 0 Å². The van der Waals surface area contributed by atoms with E-state index in [9.17, 15) is 18.0 Å². The lowest BCUT2D eigenvalue weighted by atomic mass is 9.85. The van der Waals surface area contributed by atoms with Crippen LogP contribution in [-0.2, 0) is 15.7 Å². The highest BCUT2D eigenvalue weighted by Crippen LogP contribution is 2.43. The van der Waals surface area contributed by atoms with E-state index in [4.69, 9.17) is 16.3 Å². The zero-order valence-electron chi connectivity index (χ0n) is 13.8. The number of nitrogens with zero attached hydrogens (tertiary/aromatic N) is 3. The molecule has 0 aromatic carbocycles. The van der Waals surface area contributed by atoms with Gasteiger partial charge in [-0.1, -0.05) is 11.6 Å². The molecule has 1 atom stereocenters. The van der Waals surface area contributed by atoms with Crippen molar-refractivity contribution < 1.29 is 22.7 Å². The Morgan fingerprint density at radius 1 is 1.36 bits per heavy atom. The summed E-state index contributed by atoms with van der Waals surface area (Å²) in [7, 11) is 1.59. The third-order valence-corrected chi connectivity index (χ3v) is 5.25. The molecule has 0 saturated carbocycles. The van der Waals surface area contributed by atoms with E-state index in [1.54, 1.807) is 16.9 Å².